The van der Waals surface area contributed by atoms with Gasteiger partial charge in [0, 0.05) is 32.2 Å². The highest BCUT2D eigenvalue weighted by Gasteiger charge is 2.16. The van der Waals surface area contributed by atoms with Gasteiger partial charge >= 0.3 is 0 Å². The number of carbonyl (C=O) groups is 1. The molecule has 0 saturated carbocycles. The molecule has 0 atom stereocenters. The Morgan fingerprint density at radius 3 is 3.00 bits per heavy atom. The number of nitrogens with zero attached hydrogens (tertiary/aromatic N) is 1. The molecule has 1 aliphatic rings. The predicted molar refractivity (Wildman–Crippen MR) is 56.2 cm³/mol. The first kappa shape index (κ1) is 9.21. The van der Waals surface area contributed by atoms with Crippen LogP contribution in [0.25, 0.3) is 0 Å². The summed E-state index contributed by atoms with van der Waals surface area (Å²) in [6.45, 7) is 4.07. The number of hydrogen-bond acceptors (Lipinski definition) is 2. The largest absolute Gasteiger partial charge is 0.311 e. The summed E-state index contributed by atoms with van der Waals surface area (Å²) in [5.41, 5.74) is 2.24. The molecule has 0 fully saturated rings. The fraction of sp³-hybridized carbons (Fsp3) is 0.364. The van der Waals surface area contributed by atoms with E-state index in [2.05, 4.69) is 11.4 Å². The van der Waals surface area contributed by atoms with Crippen LogP contribution in [0, 0.1) is 0 Å². The number of anilines is 1. The summed E-state index contributed by atoms with van der Waals surface area (Å²) in [6, 6.07) is 8.04. The minimum Gasteiger partial charge on any atom is -0.311 e. The first-order valence-corrected chi connectivity index (χ1v) is 4.86. The Morgan fingerprint density at radius 2 is 2.21 bits per heavy atom. The second-order valence-electron chi connectivity index (χ2n) is 3.48. The summed E-state index contributed by atoms with van der Waals surface area (Å²) in [5.74, 6) is 0.112. The van der Waals surface area contributed by atoms with Gasteiger partial charge in [0.2, 0.25) is 5.91 Å². The van der Waals surface area contributed by atoms with Crippen molar-refractivity contribution in [2.45, 2.75) is 13.5 Å². The van der Waals surface area contributed by atoms with E-state index >= 15 is 0 Å². The first-order valence-electron chi connectivity index (χ1n) is 4.86. The standard InChI is InChI=1S/C11H14N2O/c1-9(14)13-7-6-12-8-10-4-2-3-5-11(10)13/h2-5,12H,6-8H2,1H3. The highest BCUT2D eigenvalue weighted by Crippen LogP contribution is 2.21. The minimum absolute atomic E-state index is 0.112. The zero-order chi connectivity index (χ0) is 9.97. The van der Waals surface area contributed by atoms with Crippen molar-refractivity contribution in [3.8, 4) is 0 Å². The van der Waals surface area contributed by atoms with Gasteiger partial charge in [-0.2, -0.15) is 0 Å². The maximum Gasteiger partial charge on any atom is 0.223 e. The van der Waals surface area contributed by atoms with Gasteiger partial charge in [-0.3, -0.25) is 4.79 Å². The van der Waals surface area contributed by atoms with Crippen LogP contribution in [0.4, 0.5) is 5.69 Å². The lowest BCUT2D eigenvalue weighted by atomic mass is 10.1. The Balaban J connectivity index is 2.42. The lowest BCUT2D eigenvalue weighted by Crippen LogP contribution is -2.32. The Kier molecular flexibility index (Phi) is 2.50. The molecule has 0 bridgehead atoms. The summed E-state index contributed by atoms with van der Waals surface area (Å²) in [7, 11) is 0. The maximum atomic E-state index is 11.4. The van der Waals surface area contributed by atoms with Gasteiger partial charge in [-0.1, -0.05) is 18.2 Å². The van der Waals surface area contributed by atoms with Gasteiger partial charge in [0.25, 0.3) is 0 Å². The van der Waals surface area contributed by atoms with Crippen molar-refractivity contribution in [1.82, 2.24) is 5.32 Å². The third-order valence-corrected chi connectivity index (χ3v) is 2.49. The normalized spacial score (nSPS) is 15.9. The van der Waals surface area contributed by atoms with E-state index in [1.54, 1.807) is 6.92 Å². The van der Waals surface area contributed by atoms with E-state index in [1.807, 2.05) is 23.1 Å². The number of fused-ring (bicyclic) bond motifs is 1. The van der Waals surface area contributed by atoms with Crippen LogP contribution in [0.15, 0.2) is 24.3 Å². The highest BCUT2D eigenvalue weighted by molar-refractivity contribution is 5.92. The molecular formula is C11H14N2O. The van der Waals surface area contributed by atoms with Gasteiger partial charge in [0.1, 0.15) is 0 Å². The van der Waals surface area contributed by atoms with Crippen LogP contribution in [0.5, 0.6) is 0 Å². The minimum atomic E-state index is 0.112. The molecule has 0 spiro atoms. The third-order valence-electron chi connectivity index (χ3n) is 2.49. The van der Waals surface area contributed by atoms with Crippen LogP contribution < -0.4 is 10.2 Å². The lowest BCUT2D eigenvalue weighted by Gasteiger charge is -2.20. The maximum absolute atomic E-state index is 11.4. The number of amides is 1. The molecule has 0 aliphatic carbocycles. The Morgan fingerprint density at radius 1 is 1.43 bits per heavy atom. The number of nitrogens with one attached hydrogen (secondary N) is 1. The van der Waals surface area contributed by atoms with E-state index in [0.717, 1.165) is 25.3 Å². The molecule has 0 aromatic heterocycles. The Hall–Kier alpha value is -1.35. The molecule has 1 heterocycles. The van der Waals surface area contributed by atoms with E-state index in [4.69, 9.17) is 0 Å². The SMILES string of the molecule is CC(=O)N1CCNCc2ccccc21. The van der Waals surface area contributed by atoms with Crippen molar-refractivity contribution in [2.24, 2.45) is 0 Å². The van der Waals surface area contributed by atoms with Crippen molar-refractivity contribution >= 4 is 11.6 Å². The predicted octanol–water partition coefficient (Wildman–Crippen LogP) is 1.14. The van der Waals surface area contributed by atoms with Crippen LogP contribution in [-0.2, 0) is 11.3 Å². The summed E-state index contributed by atoms with van der Waals surface area (Å²) in [4.78, 5) is 13.2. The summed E-state index contributed by atoms with van der Waals surface area (Å²) in [6.07, 6.45) is 0. The zero-order valence-corrected chi connectivity index (χ0v) is 8.29. The van der Waals surface area contributed by atoms with Crippen molar-refractivity contribution in [1.29, 1.82) is 0 Å². The van der Waals surface area contributed by atoms with Crippen LogP contribution in [0.3, 0.4) is 0 Å². The van der Waals surface area contributed by atoms with E-state index in [-0.39, 0.29) is 5.91 Å². The number of rotatable bonds is 0. The molecule has 14 heavy (non-hydrogen) atoms. The van der Waals surface area contributed by atoms with Gasteiger partial charge in [0.15, 0.2) is 0 Å². The monoisotopic (exact) mass is 190 g/mol. The molecule has 0 saturated heterocycles. The van der Waals surface area contributed by atoms with Crippen molar-refractivity contribution in [2.75, 3.05) is 18.0 Å². The molecule has 3 heteroatoms. The summed E-state index contributed by atoms with van der Waals surface area (Å²) in [5, 5.41) is 3.29. The van der Waals surface area contributed by atoms with Gasteiger partial charge in [-0.25, -0.2) is 0 Å². The van der Waals surface area contributed by atoms with E-state index in [0.29, 0.717) is 0 Å². The molecule has 0 unspecified atom stereocenters. The average molecular weight is 190 g/mol. The molecule has 1 aromatic carbocycles. The average Bonchev–Trinajstić information content (AvgIpc) is 2.39. The fourth-order valence-electron chi connectivity index (χ4n) is 1.79. The topological polar surface area (TPSA) is 32.3 Å². The van der Waals surface area contributed by atoms with E-state index < -0.39 is 0 Å². The Bertz CT molecular complexity index is 349. The number of para-hydroxylation sites is 1. The molecule has 1 aromatic rings. The highest BCUT2D eigenvalue weighted by atomic mass is 16.2. The van der Waals surface area contributed by atoms with Crippen molar-refractivity contribution < 1.29 is 4.79 Å². The molecule has 0 radical (unpaired) electrons. The molecule has 74 valence electrons. The van der Waals surface area contributed by atoms with Crippen LogP contribution in [0.2, 0.25) is 0 Å². The molecule has 1 aliphatic heterocycles. The lowest BCUT2D eigenvalue weighted by molar-refractivity contribution is -0.116. The van der Waals surface area contributed by atoms with E-state index in [1.165, 1.54) is 5.56 Å². The van der Waals surface area contributed by atoms with Crippen LogP contribution >= 0.6 is 0 Å². The van der Waals surface area contributed by atoms with Gasteiger partial charge in [0.05, 0.1) is 0 Å². The third kappa shape index (κ3) is 1.63. The fourth-order valence-corrected chi connectivity index (χ4v) is 1.79. The first-order chi connectivity index (χ1) is 6.79. The smallest absolute Gasteiger partial charge is 0.223 e. The van der Waals surface area contributed by atoms with E-state index in [9.17, 15) is 4.79 Å². The van der Waals surface area contributed by atoms with Crippen LogP contribution in [0.1, 0.15) is 12.5 Å². The van der Waals surface area contributed by atoms with Gasteiger partial charge in [-0.15, -0.1) is 0 Å². The Labute approximate surface area is 83.7 Å². The quantitative estimate of drug-likeness (QED) is 0.665. The number of benzene rings is 1. The van der Waals surface area contributed by atoms with Crippen molar-refractivity contribution in [3.63, 3.8) is 0 Å². The second kappa shape index (κ2) is 3.80. The van der Waals surface area contributed by atoms with Crippen molar-refractivity contribution in [3.05, 3.63) is 29.8 Å². The summed E-state index contributed by atoms with van der Waals surface area (Å²) < 4.78 is 0. The van der Waals surface area contributed by atoms with Crippen LogP contribution in [-0.4, -0.2) is 19.0 Å². The second-order valence-corrected chi connectivity index (χ2v) is 3.48. The molecule has 3 nitrogen and oxygen atoms in total. The molecular weight excluding hydrogens is 176 g/mol. The molecule has 1 N–H and O–H groups in total. The zero-order valence-electron chi connectivity index (χ0n) is 8.29. The molecule has 1 amide bonds. The number of hydrogen-bond donors (Lipinski definition) is 1. The molecule has 2 rings (SSSR count). The summed E-state index contributed by atoms with van der Waals surface area (Å²) >= 11 is 0. The van der Waals surface area contributed by atoms with Gasteiger partial charge < -0.3 is 10.2 Å². The number of carbonyl (C=O) groups excluding carboxylic acids is 1. The van der Waals surface area contributed by atoms with Gasteiger partial charge in [-0.05, 0) is 11.6 Å².